The third kappa shape index (κ3) is 4.75. The second kappa shape index (κ2) is 9.91. The van der Waals surface area contributed by atoms with Gasteiger partial charge in [0, 0.05) is 18.5 Å². The minimum atomic E-state index is -0.841. The molecule has 0 bridgehead atoms. The number of carbonyl (C=O) groups excluding carboxylic acids is 2. The summed E-state index contributed by atoms with van der Waals surface area (Å²) < 4.78 is 11.4. The Bertz CT molecular complexity index is 1210. The number of phenols is 1. The van der Waals surface area contributed by atoms with Crippen molar-refractivity contribution in [3.05, 3.63) is 57.1 Å². The maximum atomic E-state index is 13.3. The average molecular weight is 545 g/mol. The standard InChI is InChI=1S/C26H29BrN2O6/c1-14-10-16-11-15(6-7-19(16)35-14)23(30)21-22(17-12-18(27)24(31)20(13-17)34-4)29(26(33)25(21)32)9-5-8-28(2)3/h6-7,11-14,22,30-31H,5,8-10H2,1-4H3/b23-21+/t14-,22+/m1/s1. The second-order valence-corrected chi connectivity index (χ2v) is 10.0. The van der Waals surface area contributed by atoms with E-state index in [1.165, 1.54) is 12.0 Å². The molecule has 2 heterocycles. The first-order valence-electron chi connectivity index (χ1n) is 11.4. The molecule has 8 nitrogen and oxygen atoms in total. The number of rotatable bonds is 7. The molecule has 0 unspecified atom stereocenters. The Morgan fingerprint density at radius 1 is 1.26 bits per heavy atom. The molecule has 186 valence electrons. The van der Waals surface area contributed by atoms with Crippen LogP contribution in [0.2, 0.25) is 0 Å². The molecule has 1 saturated heterocycles. The Balaban J connectivity index is 1.84. The summed E-state index contributed by atoms with van der Waals surface area (Å²) in [7, 11) is 5.30. The summed E-state index contributed by atoms with van der Waals surface area (Å²) in [5.74, 6) is -0.802. The van der Waals surface area contributed by atoms with Crippen LogP contribution >= 0.6 is 15.9 Å². The number of hydrogen-bond acceptors (Lipinski definition) is 7. The van der Waals surface area contributed by atoms with Crippen LogP contribution in [0.25, 0.3) is 5.76 Å². The number of amides is 1. The van der Waals surface area contributed by atoms with Gasteiger partial charge in [0.15, 0.2) is 11.5 Å². The number of phenolic OH excluding ortho intramolecular Hbond substituents is 1. The van der Waals surface area contributed by atoms with Crippen molar-refractivity contribution in [3.63, 3.8) is 0 Å². The van der Waals surface area contributed by atoms with E-state index in [9.17, 15) is 19.8 Å². The van der Waals surface area contributed by atoms with Gasteiger partial charge in [0.2, 0.25) is 0 Å². The van der Waals surface area contributed by atoms with E-state index in [1.807, 2.05) is 25.9 Å². The lowest BCUT2D eigenvalue weighted by Gasteiger charge is -2.26. The molecule has 1 amide bonds. The van der Waals surface area contributed by atoms with Crippen LogP contribution in [0, 0.1) is 0 Å². The fraction of sp³-hybridized carbons (Fsp3) is 0.385. The maximum absolute atomic E-state index is 13.3. The third-order valence-electron chi connectivity index (χ3n) is 6.30. The fourth-order valence-electron chi connectivity index (χ4n) is 4.65. The molecule has 9 heteroatoms. The van der Waals surface area contributed by atoms with Gasteiger partial charge in [-0.25, -0.2) is 0 Å². The van der Waals surface area contributed by atoms with Crippen molar-refractivity contribution in [2.45, 2.75) is 31.9 Å². The number of aliphatic hydroxyl groups excluding tert-OH is 1. The third-order valence-corrected chi connectivity index (χ3v) is 6.90. The van der Waals surface area contributed by atoms with Gasteiger partial charge < -0.3 is 29.5 Å². The predicted molar refractivity (Wildman–Crippen MR) is 135 cm³/mol. The first-order chi connectivity index (χ1) is 16.6. The molecule has 2 aromatic carbocycles. The van der Waals surface area contributed by atoms with E-state index in [4.69, 9.17) is 9.47 Å². The zero-order valence-corrected chi connectivity index (χ0v) is 21.8. The van der Waals surface area contributed by atoms with E-state index in [-0.39, 0.29) is 28.9 Å². The largest absolute Gasteiger partial charge is 0.507 e. The van der Waals surface area contributed by atoms with E-state index in [0.717, 1.165) is 17.9 Å². The number of hydrogen-bond donors (Lipinski definition) is 2. The Morgan fingerprint density at radius 3 is 2.69 bits per heavy atom. The van der Waals surface area contributed by atoms with E-state index < -0.39 is 17.7 Å². The number of aromatic hydroxyl groups is 1. The molecule has 35 heavy (non-hydrogen) atoms. The number of ketones is 1. The minimum Gasteiger partial charge on any atom is -0.507 e. The highest BCUT2D eigenvalue weighted by Gasteiger charge is 2.46. The van der Waals surface area contributed by atoms with Gasteiger partial charge in [0.1, 0.15) is 17.6 Å². The lowest BCUT2D eigenvalue weighted by Crippen LogP contribution is -2.32. The number of fused-ring (bicyclic) bond motifs is 1. The molecule has 0 aliphatic carbocycles. The zero-order valence-electron chi connectivity index (χ0n) is 20.2. The van der Waals surface area contributed by atoms with Crippen molar-refractivity contribution in [2.75, 3.05) is 34.3 Å². The smallest absolute Gasteiger partial charge is 0.295 e. The highest BCUT2D eigenvalue weighted by atomic mass is 79.9. The number of nitrogens with zero attached hydrogens (tertiary/aromatic N) is 2. The van der Waals surface area contributed by atoms with Gasteiger partial charge in [0.05, 0.1) is 23.2 Å². The topological polar surface area (TPSA) is 99.5 Å². The Morgan fingerprint density at radius 2 is 2.00 bits per heavy atom. The van der Waals surface area contributed by atoms with Crippen molar-refractivity contribution >= 4 is 33.4 Å². The van der Waals surface area contributed by atoms with Gasteiger partial charge >= 0.3 is 0 Å². The summed E-state index contributed by atoms with van der Waals surface area (Å²) in [6, 6.07) is 7.65. The summed E-state index contributed by atoms with van der Waals surface area (Å²) in [6.07, 6.45) is 1.37. The molecule has 2 aliphatic rings. The van der Waals surface area contributed by atoms with E-state index in [2.05, 4.69) is 15.9 Å². The monoisotopic (exact) mass is 544 g/mol. The number of ether oxygens (including phenoxy) is 2. The van der Waals surface area contributed by atoms with Gasteiger partial charge in [-0.15, -0.1) is 0 Å². The number of carbonyl (C=O) groups is 2. The number of halogens is 1. The van der Waals surface area contributed by atoms with Crippen LogP contribution in [0.15, 0.2) is 40.4 Å². The van der Waals surface area contributed by atoms with E-state index in [0.29, 0.717) is 35.0 Å². The van der Waals surface area contributed by atoms with Crippen LogP contribution < -0.4 is 9.47 Å². The lowest BCUT2D eigenvalue weighted by atomic mass is 9.94. The molecule has 0 aromatic heterocycles. The molecule has 0 radical (unpaired) electrons. The molecular formula is C26H29BrN2O6. The van der Waals surface area contributed by atoms with E-state index in [1.54, 1.807) is 30.3 Å². The zero-order chi connectivity index (χ0) is 25.4. The Hall–Kier alpha value is -3.04. The summed E-state index contributed by atoms with van der Waals surface area (Å²) in [5, 5.41) is 21.7. The van der Waals surface area contributed by atoms with Crippen molar-refractivity contribution < 1.29 is 29.3 Å². The molecule has 1 fully saturated rings. The van der Waals surface area contributed by atoms with Crippen LogP contribution in [-0.4, -0.2) is 72.1 Å². The summed E-state index contributed by atoms with van der Waals surface area (Å²) >= 11 is 3.33. The molecule has 4 rings (SSSR count). The van der Waals surface area contributed by atoms with Crippen LogP contribution in [0.4, 0.5) is 0 Å². The Kier molecular flexibility index (Phi) is 7.10. The molecule has 0 spiro atoms. The molecule has 2 N–H and O–H groups in total. The number of methoxy groups -OCH3 is 1. The first-order valence-corrected chi connectivity index (χ1v) is 12.2. The average Bonchev–Trinajstić information content (AvgIpc) is 3.31. The fourth-order valence-corrected chi connectivity index (χ4v) is 5.11. The maximum Gasteiger partial charge on any atom is 0.295 e. The van der Waals surface area contributed by atoms with Crippen LogP contribution in [0.5, 0.6) is 17.2 Å². The van der Waals surface area contributed by atoms with Gasteiger partial charge in [-0.1, -0.05) is 0 Å². The van der Waals surface area contributed by atoms with Gasteiger partial charge in [0.25, 0.3) is 11.7 Å². The van der Waals surface area contributed by atoms with Crippen molar-refractivity contribution in [1.82, 2.24) is 9.80 Å². The molecule has 2 aliphatic heterocycles. The molecule has 0 saturated carbocycles. The Labute approximate surface area is 212 Å². The van der Waals surface area contributed by atoms with Crippen molar-refractivity contribution in [3.8, 4) is 17.2 Å². The molecule has 2 atom stereocenters. The van der Waals surface area contributed by atoms with Crippen LogP contribution in [0.3, 0.4) is 0 Å². The number of aliphatic hydroxyl groups is 1. The van der Waals surface area contributed by atoms with Crippen molar-refractivity contribution in [2.24, 2.45) is 0 Å². The highest BCUT2D eigenvalue weighted by molar-refractivity contribution is 9.10. The SMILES string of the molecule is COc1cc([C@H]2/C(=C(\O)c3ccc4c(c3)C[C@@H](C)O4)C(=O)C(=O)N2CCCN(C)C)cc(Br)c1O. The quantitative estimate of drug-likeness (QED) is 0.310. The number of likely N-dealkylation sites (tertiary alicyclic amines) is 1. The summed E-state index contributed by atoms with van der Waals surface area (Å²) in [5.41, 5.74) is 1.93. The van der Waals surface area contributed by atoms with Gasteiger partial charge in [-0.05, 0) is 91.4 Å². The van der Waals surface area contributed by atoms with Gasteiger partial charge in [-0.2, -0.15) is 0 Å². The summed E-state index contributed by atoms with van der Waals surface area (Å²) in [4.78, 5) is 29.9. The van der Waals surface area contributed by atoms with E-state index >= 15 is 0 Å². The summed E-state index contributed by atoms with van der Waals surface area (Å²) in [6.45, 7) is 3.01. The van der Waals surface area contributed by atoms with Crippen LogP contribution in [-0.2, 0) is 16.0 Å². The van der Waals surface area contributed by atoms with Crippen LogP contribution in [0.1, 0.15) is 36.1 Å². The predicted octanol–water partition coefficient (Wildman–Crippen LogP) is 3.86. The highest BCUT2D eigenvalue weighted by Crippen LogP contribution is 2.44. The second-order valence-electron chi connectivity index (χ2n) is 9.16. The first kappa shape index (κ1) is 25.1. The lowest BCUT2D eigenvalue weighted by molar-refractivity contribution is -0.139. The number of Topliss-reactive ketones (excluding diaryl/α,β-unsaturated/α-hetero) is 1. The normalized spacial score (nSPS) is 20.9. The minimum absolute atomic E-state index is 0.00593. The molecular weight excluding hydrogens is 516 g/mol. The molecule has 2 aromatic rings. The number of benzene rings is 2. The van der Waals surface area contributed by atoms with Gasteiger partial charge in [-0.3, -0.25) is 9.59 Å². The van der Waals surface area contributed by atoms with Crippen molar-refractivity contribution in [1.29, 1.82) is 0 Å².